The van der Waals surface area contributed by atoms with E-state index >= 15 is 0 Å². The molecule has 0 saturated carbocycles. The van der Waals surface area contributed by atoms with Crippen molar-refractivity contribution in [2.24, 2.45) is 5.84 Å². The summed E-state index contributed by atoms with van der Waals surface area (Å²) >= 11 is 0. The highest BCUT2D eigenvalue weighted by Crippen LogP contribution is 2.12. The lowest BCUT2D eigenvalue weighted by Gasteiger charge is -2.03. The van der Waals surface area contributed by atoms with E-state index in [9.17, 15) is 9.18 Å². The zero-order chi connectivity index (χ0) is 9.84. The Hall–Kier alpha value is -1.62. The minimum Gasteiger partial charge on any atom is -0.355 e. The number of hydrogen-bond acceptors (Lipinski definition) is 3. The molecule has 0 unspecified atom stereocenters. The molecule has 0 aliphatic carbocycles. The molecule has 0 aliphatic heterocycles. The van der Waals surface area contributed by atoms with Gasteiger partial charge >= 0.3 is 0 Å². The molecule has 0 spiro atoms. The summed E-state index contributed by atoms with van der Waals surface area (Å²) in [6, 6.07) is 3.80. The second-order valence-corrected chi connectivity index (χ2v) is 2.45. The van der Waals surface area contributed by atoms with Gasteiger partial charge < -0.3 is 10.7 Å². The Morgan fingerprint density at radius 1 is 1.46 bits per heavy atom. The van der Waals surface area contributed by atoms with Crippen molar-refractivity contribution in [3.63, 3.8) is 0 Å². The number of hydrogen-bond donors (Lipinski definition) is 3. The van der Waals surface area contributed by atoms with Crippen LogP contribution in [0.4, 0.5) is 10.1 Å². The average molecular weight is 183 g/mol. The quantitative estimate of drug-likeness (QED) is 0.461. The standard InChI is InChI=1S/C8H10FN3O/c1-11-8(13)5-2-6(9)4-7(3-5)12-10/h2-4,12H,10H2,1H3,(H,11,13). The van der Waals surface area contributed by atoms with Gasteiger partial charge in [0.2, 0.25) is 0 Å². The van der Waals surface area contributed by atoms with E-state index in [0.717, 1.165) is 6.07 Å². The van der Waals surface area contributed by atoms with Crippen LogP contribution in [0.25, 0.3) is 0 Å². The summed E-state index contributed by atoms with van der Waals surface area (Å²) in [6.45, 7) is 0. The first-order valence-electron chi connectivity index (χ1n) is 3.66. The lowest BCUT2D eigenvalue weighted by atomic mass is 10.2. The van der Waals surface area contributed by atoms with Crippen LogP contribution in [0.15, 0.2) is 18.2 Å². The van der Waals surface area contributed by atoms with Crippen LogP contribution in [0.3, 0.4) is 0 Å². The molecule has 13 heavy (non-hydrogen) atoms. The first kappa shape index (κ1) is 9.47. The molecule has 1 amide bonds. The predicted octanol–water partition coefficient (Wildman–Crippen LogP) is 0.471. The largest absolute Gasteiger partial charge is 0.355 e. The van der Waals surface area contributed by atoms with Gasteiger partial charge in [-0.15, -0.1) is 0 Å². The normalized spacial score (nSPS) is 9.46. The maximum Gasteiger partial charge on any atom is 0.251 e. The van der Waals surface area contributed by atoms with Crippen LogP contribution in [0, 0.1) is 5.82 Å². The van der Waals surface area contributed by atoms with Gasteiger partial charge in [-0.05, 0) is 18.2 Å². The molecule has 0 bridgehead atoms. The van der Waals surface area contributed by atoms with Crippen LogP contribution >= 0.6 is 0 Å². The van der Waals surface area contributed by atoms with Crippen molar-refractivity contribution >= 4 is 11.6 Å². The molecular weight excluding hydrogens is 173 g/mol. The van der Waals surface area contributed by atoms with Crippen LogP contribution in [0.1, 0.15) is 10.4 Å². The molecule has 0 fully saturated rings. The molecule has 0 radical (unpaired) electrons. The lowest BCUT2D eigenvalue weighted by molar-refractivity contribution is 0.0962. The molecule has 0 aromatic heterocycles. The molecule has 0 atom stereocenters. The van der Waals surface area contributed by atoms with Gasteiger partial charge in [0, 0.05) is 12.6 Å². The maximum atomic E-state index is 12.8. The van der Waals surface area contributed by atoms with Gasteiger partial charge in [-0.2, -0.15) is 0 Å². The maximum absolute atomic E-state index is 12.8. The number of carbonyl (C=O) groups excluding carboxylic acids is 1. The molecule has 0 heterocycles. The summed E-state index contributed by atoms with van der Waals surface area (Å²) < 4.78 is 12.8. The van der Waals surface area contributed by atoms with Crippen LogP contribution in [-0.2, 0) is 0 Å². The SMILES string of the molecule is CNC(=O)c1cc(F)cc(NN)c1. The molecule has 4 N–H and O–H groups in total. The topological polar surface area (TPSA) is 67.2 Å². The third kappa shape index (κ3) is 2.16. The van der Waals surface area contributed by atoms with Gasteiger partial charge in [0.1, 0.15) is 5.82 Å². The second kappa shape index (κ2) is 3.86. The number of benzene rings is 1. The predicted molar refractivity (Wildman–Crippen MR) is 47.6 cm³/mol. The highest BCUT2D eigenvalue weighted by molar-refractivity contribution is 5.94. The van der Waals surface area contributed by atoms with E-state index in [0.29, 0.717) is 5.69 Å². The van der Waals surface area contributed by atoms with Crippen molar-refractivity contribution in [3.8, 4) is 0 Å². The molecule has 1 aromatic rings. The molecule has 4 nitrogen and oxygen atoms in total. The summed E-state index contributed by atoms with van der Waals surface area (Å²) in [5.74, 6) is 4.22. The van der Waals surface area contributed by atoms with Crippen LogP contribution in [0.5, 0.6) is 0 Å². The molecule has 1 rings (SSSR count). The smallest absolute Gasteiger partial charge is 0.251 e. The number of carbonyl (C=O) groups is 1. The number of amides is 1. The number of nitrogen functional groups attached to an aromatic ring is 1. The first-order chi connectivity index (χ1) is 6.17. The van der Waals surface area contributed by atoms with Gasteiger partial charge in [0.15, 0.2) is 0 Å². The number of rotatable bonds is 2. The van der Waals surface area contributed by atoms with Gasteiger partial charge in [-0.25, -0.2) is 4.39 Å². The van der Waals surface area contributed by atoms with E-state index < -0.39 is 5.82 Å². The van der Waals surface area contributed by atoms with E-state index in [4.69, 9.17) is 5.84 Å². The molecule has 5 heteroatoms. The number of nitrogens with two attached hydrogens (primary N) is 1. The zero-order valence-corrected chi connectivity index (χ0v) is 7.10. The fraction of sp³-hybridized carbons (Fsp3) is 0.125. The van der Waals surface area contributed by atoms with Crippen molar-refractivity contribution in [2.45, 2.75) is 0 Å². The Bertz CT molecular complexity index is 327. The Kier molecular flexibility index (Phi) is 2.81. The summed E-state index contributed by atoms with van der Waals surface area (Å²) in [7, 11) is 1.47. The average Bonchev–Trinajstić information content (AvgIpc) is 2.15. The fourth-order valence-corrected chi connectivity index (χ4v) is 0.948. The lowest BCUT2D eigenvalue weighted by Crippen LogP contribution is -2.18. The van der Waals surface area contributed by atoms with Crippen molar-refractivity contribution in [1.82, 2.24) is 5.32 Å². The Morgan fingerprint density at radius 3 is 2.69 bits per heavy atom. The molecule has 0 aliphatic rings. The van der Waals surface area contributed by atoms with Gasteiger partial charge in [-0.1, -0.05) is 0 Å². The van der Waals surface area contributed by atoms with E-state index in [1.165, 1.54) is 19.2 Å². The zero-order valence-electron chi connectivity index (χ0n) is 7.10. The second-order valence-electron chi connectivity index (χ2n) is 2.45. The van der Waals surface area contributed by atoms with E-state index in [2.05, 4.69) is 10.7 Å². The number of anilines is 1. The summed E-state index contributed by atoms with van der Waals surface area (Å²) in [6.07, 6.45) is 0. The molecular formula is C8H10FN3O. The fourth-order valence-electron chi connectivity index (χ4n) is 0.948. The first-order valence-corrected chi connectivity index (χ1v) is 3.66. The van der Waals surface area contributed by atoms with Gasteiger partial charge in [0.05, 0.1) is 5.69 Å². The van der Waals surface area contributed by atoms with Crippen molar-refractivity contribution < 1.29 is 9.18 Å². The third-order valence-electron chi connectivity index (χ3n) is 1.55. The number of hydrazine groups is 1. The Morgan fingerprint density at radius 2 is 2.15 bits per heavy atom. The minimum absolute atomic E-state index is 0.232. The molecule has 70 valence electrons. The van der Waals surface area contributed by atoms with Crippen molar-refractivity contribution in [2.75, 3.05) is 12.5 Å². The van der Waals surface area contributed by atoms with Crippen LogP contribution in [0.2, 0.25) is 0 Å². The van der Waals surface area contributed by atoms with E-state index in [1.807, 2.05) is 0 Å². The molecule has 0 saturated heterocycles. The molecule has 1 aromatic carbocycles. The Balaban J connectivity index is 3.08. The monoisotopic (exact) mass is 183 g/mol. The van der Waals surface area contributed by atoms with Crippen molar-refractivity contribution in [3.05, 3.63) is 29.6 Å². The highest BCUT2D eigenvalue weighted by Gasteiger charge is 2.05. The van der Waals surface area contributed by atoms with Crippen LogP contribution < -0.4 is 16.6 Å². The van der Waals surface area contributed by atoms with Gasteiger partial charge in [0.25, 0.3) is 5.91 Å². The van der Waals surface area contributed by atoms with Crippen LogP contribution in [-0.4, -0.2) is 13.0 Å². The summed E-state index contributed by atoms with van der Waals surface area (Å²) in [4.78, 5) is 11.1. The minimum atomic E-state index is -0.506. The summed E-state index contributed by atoms with van der Waals surface area (Å²) in [5, 5.41) is 2.39. The third-order valence-corrected chi connectivity index (χ3v) is 1.55. The summed E-state index contributed by atoms with van der Waals surface area (Å²) in [5.41, 5.74) is 2.86. The Labute approximate surface area is 74.9 Å². The van der Waals surface area contributed by atoms with Crippen molar-refractivity contribution in [1.29, 1.82) is 0 Å². The van der Waals surface area contributed by atoms with E-state index in [-0.39, 0.29) is 11.5 Å². The highest BCUT2D eigenvalue weighted by atomic mass is 19.1. The number of nitrogens with one attached hydrogen (secondary N) is 2. The van der Waals surface area contributed by atoms with E-state index in [1.54, 1.807) is 0 Å². The number of halogens is 1. The van der Waals surface area contributed by atoms with Gasteiger partial charge in [-0.3, -0.25) is 10.6 Å².